The lowest BCUT2D eigenvalue weighted by molar-refractivity contribution is -0.0437. The van der Waals surface area contributed by atoms with Gasteiger partial charge in [-0.2, -0.15) is 13.2 Å². The molecule has 3 aromatic rings. The van der Waals surface area contributed by atoms with Gasteiger partial charge in [0.05, 0.1) is 19.2 Å². The Morgan fingerprint density at radius 3 is 2.30 bits per heavy atom. The predicted octanol–water partition coefficient (Wildman–Crippen LogP) is 5.84. The largest absolute Gasteiger partial charge is 0.508 e. The number of ether oxygens (including phenoxy) is 2. The number of hydrogen-bond acceptors (Lipinski definition) is 4. The first-order valence-electron chi connectivity index (χ1n) is 8.91. The SMILES string of the molecule is COc1ccc2c(c1)CCc1c-2c(Cl)c2ccc(OC)cc2c1OS(=O)C(F)(F)F. The number of halogens is 4. The predicted molar refractivity (Wildman–Crippen MR) is 110 cm³/mol. The van der Waals surface area contributed by atoms with E-state index in [1.807, 2.05) is 12.1 Å². The van der Waals surface area contributed by atoms with Crippen molar-refractivity contribution >= 4 is 33.5 Å². The molecular formula is C21H16ClF3O4S. The molecule has 0 saturated heterocycles. The summed E-state index contributed by atoms with van der Waals surface area (Å²) in [5, 5.41) is 1.18. The van der Waals surface area contributed by atoms with E-state index < -0.39 is 16.6 Å². The minimum atomic E-state index is -5.02. The zero-order valence-electron chi connectivity index (χ0n) is 15.9. The highest BCUT2D eigenvalue weighted by Gasteiger charge is 2.41. The highest BCUT2D eigenvalue weighted by Crippen LogP contribution is 2.49. The summed E-state index contributed by atoms with van der Waals surface area (Å²) < 4.78 is 66.4. The van der Waals surface area contributed by atoms with Crippen LogP contribution < -0.4 is 13.7 Å². The van der Waals surface area contributed by atoms with Gasteiger partial charge in [-0.3, -0.25) is 0 Å². The van der Waals surface area contributed by atoms with Crippen LogP contribution in [0.3, 0.4) is 0 Å². The van der Waals surface area contributed by atoms with Gasteiger partial charge >= 0.3 is 16.6 Å². The Morgan fingerprint density at radius 1 is 0.967 bits per heavy atom. The fraction of sp³-hybridized carbons (Fsp3) is 0.238. The molecule has 0 bridgehead atoms. The summed E-state index contributed by atoms with van der Waals surface area (Å²) in [6, 6.07) is 10.3. The average Bonchev–Trinajstić information content (AvgIpc) is 2.74. The van der Waals surface area contributed by atoms with Gasteiger partial charge in [0.25, 0.3) is 0 Å². The molecule has 9 heteroatoms. The summed E-state index contributed by atoms with van der Waals surface area (Å²) in [4.78, 5) is 0. The lowest BCUT2D eigenvalue weighted by Crippen LogP contribution is -2.22. The molecule has 0 saturated carbocycles. The number of methoxy groups -OCH3 is 2. The van der Waals surface area contributed by atoms with Gasteiger partial charge in [-0.15, -0.1) is 0 Å². The van der Waals surface area contributed by atoms with Crippen LogP contribution in [0.5, 0.6) is 17.2 Å². The van der Waals surface area contributed by atoms with E-state index >= 15 is 0 Å². The number of fused-ring (bicyclic) bond motifs is 4. The van der Waals surface area contributed by atoms with Crippen molar-refractivity contribution in [1.82, 2.24) is 0 Å². The molecule has 1 atom stereocenters. The minimum Gasteiger partial charge on any atom is -0.497 e. The molecule has 4 rings (SSSR count). The molecule has 1 unspecified atom stereocenters. The van der Waals surface area contributed by atoms with Crippen molar-refractivity contribution in [3.63, 3.8) is 0 Å². The molecule has 0 radical (unpaired) electrons. The number of hydrogen-bond donors (Lipinski definition) is 0. The monoisotopic (exact) mass is 456 g/mol. The third-order valence-corrected chi connectivity index (χ3v) is 6.17. The third kappa shape index (κ3) is 3.48. The maximum atomic E-state index is 13.0. The van der Waals surface area contributed by atoms with Gasteiger partial charge in [0, 0.05) is 21.9 Å². The molecule has 0 fully saturated rings. The lowest BCUT2D eigenvalue weighted by Gasteiger charge is -2.26. The molecule has 0 amide bonds. The van der Waals surface area contributed by atoms with Crippen molar-refractivity contribution < 1.29 is 31.0 Å². The van der Waals surface area contributed by atoms with Gasteiger partial charge in [-0.1, -0.05) is 17.7 Å². The highest BCUT2D eigenvalue weighted by molar-refractivity contribution is 7.81. The first-order chi connectivity index (χ1) is 14.2. The van der Waals surface area contributed by atoms with E-state index in [1.54, 1.807) is 25.3 Å². The summed E-state index contributed by atoms with van der Waals surface area (Å²) >= 11 is 3.20. The molecule has 0 spiro atoms. The molecule has 158 valence electrons. The fourth-order valence-electron chi connectivity index (χ4n) is 3.72. The molecule has 0 aliphatic heterocycles. The van der Waals surface area contributed by atoms with Gasteiger partial charge in [0.1, 0.15) is 11.5 Å². The molecule has 1 aliphatic carbocycles. The normalized spacial score (nSPS) is 14.1. The van der Waals surface area contributed by atoms with Crippen LogP contribution in [0.15, 0.2) is 36.4 Å². The number of rotatable bonds is 4. The van der Waals surface area contributed by atoms with Crippen molar-refractivity contribution in [3.05, 3.63) is 52.5 Å². The summed E-state index contributed by atoms with van der Waals surface area (Å²) in [6.45, 7) is 0. The zero-order chi connectivity index (χ0) is 21.6. The minimum absolute atomic E-state index is 0.0968. The molecule has 0 aromatic heterocycles. The van der Waals surface area contributed by atoms with Crippen LogP contribution in [0.2, 0.25) is 5.02 Å². The Labute approximate surface area is 178 Å². The van der Waals surface area contributed by atoms with E-state index in [4.69, 9.17) is 25.3 Å². The Balaban J connectivity index is 2.03. The van der Waals surface area contributed by atoms with E-state index in [0.717, 1.165) is 11.1 Å². The van der Waals surface area contributed by atoms with Gasteiger partial charge in [-0.05, 0) is 54.3 Å². The first kappa shape index (κ1) is 20.8. The van der Waals surface area contributed by atoms with Crippen LogP contribution >= 0.6 is 11.6 Å². The average molecular weight is 457 g/mol. The molecule has 1 aliphatic rings. The van der Waals surface area contributed by atoms with E-state index in [2.05, 4.69) is 0 Å². The molecule has 0 heterocycles. The van der Waals surface area contributed by atoms with E-state index in [-0.39, 0.29) is 5.75 Å². The second kappa shape index (κ2) is 7.67. The van der Waals surface area contributed by atoms with Crippen LogP contribution in [0.1, 0.15) is 11.1 Å². The summed E-state index contributed by atoms with van der Waals surface area (Å²) in [5.74, 6) is 0.996. The van der Waals surface area contributed by atoms with Gasteiger partial charge in [0.2, 0.25) is 0 Å². The molecular weight excluding hydrogens is 441 g/mol. The van der Waals surface area contributed by atoms with Gasteiger partial charge in [0.15, 0.2) is 5.75 Å². The quantitative estimate of drug-likeness (QED) is 0.495. The van der Waals surface area contributed by atoms with Gasteiger partial charge < -0.3 is 13.7 Å². The first-order valence-corrected chi connectivity index (χ1v) is 10.4. The Bertz CT molecular complexity index is 1180. The number of aryl methyl sites for hydroxylation is 1. The lowest BCUT2D eigenvalue weighted by atomic mass is 9.83. The van der Waals surface area contributed by atoms with Crippen LogP contribution in [0, 0.1) is 0 Å². The van der Waals surface area contributed by atoms with Crippen LogP contribution in [0.25, 0.3) is 21.9 Å². The second-order valence-corrected chi connectivity index (χ2v) is 8.17. The van der Waals surface area contributed by atoms with Gasteiger partial charge in [-0.25, -0.2) is 4.21 Å². The summed E-state index contributed by atoms with van der Waals surface area (Å²) in [6.07, 6.45) is 0.910. The van der Waals surface area contributed by atoms with Crippen molar-refractivity contribution in [1.29, 1.82) is 0 Å². The summed E-state index contributed by atoms with van der Waals surface area (Å²) in [7, 11) is 3.00. The fourth-order valence-corrected chi connectivity index (χ4v) is 4.53. The highest BCUT2D eigenvalue weighted by atomic mass is 35.5. The van der Waals surface area contributed by atoms with E-state index in [0.29, 0.717) is 51.3 Å². The molecule has 30 heavy (non-hydrogen) atoms. The number of alkyl halides is 3. The van der Waals surface area contributed by atoms with Crippen LogP contribution in [0.4, 0.5) is 13.2 Å². The van der Waals surface area contributed by atoms with E-state index in [9.17, 15) is 17.4 Å². The standard InChI is InChI=1S/C21H16ClF3O4S/c1-27-12-4-7-14-11(9-12)3-6-16-18(14)19(22)15-8-5-13(28-2)10-17(15)20(16)29-30(26)21(23,24)25/h4-5,7-10H,3,6H2,1-2H3. The molecule has 0 N–H and O–H groups in total. The topological polar surface area (TPSA) is 44.8 Å². The van der Waals surface area contributed by atoms with Crippen molar-refractivity contribution in [2.45, 2.75) is 18.3 Å². The maximum absolute atomic E-state index is 13.0. The summed E-state index contributed by atoms with van der Waals surface area (Å²) in [5.41, 5.74) is -2.22. The molecule has 3 aromatic carbocycles. The van der Waals surface area contributed by atoms with E-state index in [1.165, 1.54) is 13.2 Å². The maximum Gasteiger partial charge on any atom is 0.508 e. The van der Waals surface area contributed by atoms with Crippen LogP contribution in [-0.4, -0.2) is 23.9 Å². The Hall–Kier alpha value is -2.45. The Morgan fingerprint density at radius 2 is 1.63 bits per heavy atom. The third-order valence-electron chi connectivity index (χ3n) is 5.08. The zero-order valence-corrected chi connectivity index (χ0v) is 17.5. The van der Waals surface area contributed by atoms with Crippen LogP contribution in [-0.2, 0) is 23.9 Å². The van der Waals surface area contributed by atoms with Crippen molar-refractivity contribution in [2.24, 2.45) is 0 Å². The molecule has 4 nitrogen and oxygen atoms in total. The number of benzene rings is 3. The smallest absolute Gasteiger partial charge is 0.497 e. The van der Waals surface area contributed by atoms with Crippen molar-refractivity contribution in [2.75, 3.05) is 14.2 Å². The van der Waals surface area contributed by atoms with Crippen molar-refractivity contribution in [3.8, 4) is 28.4 Å². The second-order valence-electron chi connectivity index (χ2n) is 6.70. The Kier molecular flexibility index (Phi) is 5.32.